The van der Waals surface area contributed by atoms with Crippen molar-refractivity contribution in [1.82, 2.24) is 9.88 Å². The average molecular weight is 248 g/mol. The highest BCUT2D eigenvalue weighted by Crippen LogP contribution is 2.19. The van der Waals surface area contributed by atoms with E-state index in [1.165, 1.54) is 12.3 Å². The van der Waals surface area contributed by atoms with E-state index in [2.05, 4.69) is 11.1 Å². The smallest absolute Gasteiger partial charge is 0.267 e. The van der Waals surface area contributed by atoms with Crippen LogP contribution in [0.1, 0.15) is 33.7 Å². The van der Waals surface area contributed by atoms with Crippen LogP contribution >= 0.6 is 0 Å². The number of primary amides is 1. The van der Waals surface area contributed by atoms with Crippen LogP contribution in [0.3, 0.4) is 0 Å². The van der Waals surface area contributed by atoms with Gasteiger partial charge in [-0.3, -0.25) is 14.6 Å². The van der Waals surface area contributed by atoms with Crippen molar-refractivity contribution in [2.24, 2.45) is 5.73 Å². The third kappa shape index (κ3) is 2.33. The van der Waals surface area contributed by atoms with E-state index in [-0.39, 0.29) is 29.8 Å². The molecule has 1 atom stereocenters. The number of nitrogens with two attached hydrogens (primary N) is 1. The second-order valence-electron chi connectivity index (χ2n) is 4.17. The fourth-order valence-corrected chi connectivity index (χ4v) is 2.09. The predicted octanol–water partition coefficient (Wildman–Crippen LogP) is -0.422. The number of nitrogens with zero attached hydrogens (tertiary/aromatic N) is 2. The van der Waals surface area contributed by atoms with E-state index in [9.17, 15) is 14.7 Å². The molecule has 1 radical (unpaired) electrons. The van der Waals surface area contributed by atoms with E-state index in [1.807, 2.05) is 0 Å². The van der Waals surface area contributed by atoms with Crippen LogP contribution < -0.4 is 5.73 Å². The average Bonchev–Trinajstić information content (AvgIpc) is 2.86. The summed E-state index contributed by atoms with van der Waals surface area (Å²) in [5.41, 5.74) is 5.29. The van der Waals surface area contributed by atoms with Crippen LogP contribution in [-0.4, -0.2) is 46.0 Å². The molecule has 1 aliphatic heterocycles. The number of carbonyl (C=O) groups is 2. The summed E-state index contributed by atoms with van der Waals surface area (Å²) in [5, 5.41) is 9.18. The molecule has 2 heterocycles. The van der Waals surface area contributed by atoms with Crippen molar-refractivity contribution in [2.75, 3.05) is 13.2 Å². The molecule has 0 saturated carbocycles. The van der Waals surface area contributed by atoms with Gasteiger partial charge in [-0.15, -0.1) is 0 Å². The van der Waals surface area contributed by atoms with Crippen molar-refractivity contribution in [3.05, 3.63) is 29.6 Å². The molecule has 6 heteroatoms. The lowest BCUT2D eigenvalue weighted by atomic mass is 10.1. The molecule has 0 spiro atoms. The maximum absolute atomic E-state index is 12.2. The number of aliphatic hydroxyl groups excluding tert-OH is 1. The Hall–Kier alpha value is -1.95. The fraction of sp³-hybridized carbons (Fsp3) is 0.417. The van der Waals surface area contributed by atoms with E-state index in [0.29, 0.717) is 6.54 Å². The van der Waals surface area contributed by atoms with Gasteiger partial charge >= 0.3 is 0 Å². The van der Waals surface area contributed by atoms with Crippen LogP contribution in [0.2, 0.25) is 0 Å². The van der Waals surface area contributed by atoms with Gasteiger partial charge in [0.1, 0.15) is 5.69 Å². The van der Waals surface area contributed by atoms with Gasteiger partial charge in [-0.05, 0) is 18.9 Å². The number of aromatic nitrogens is 1. The molecular formula is C12H14N3O3. The fourth-order valence-electron chi connectivity index (χ4n) is 2.09. The molecule has 1 saturated heterocycles. The van der Waals surface area contributed by atoms with Crippen molar-refractivity contribution < 1.29 is 14.7 Å². The number of carbonyl (C=O) groups excluding carboxylic acids is 2. The zero-order valence-corrected chi connectivity index (χ0v) is 9.80. The molecule has 0 aliphatic carbocycles. The number of pyridine rings is 1. The lowest BCUT2D eigenvalue weighted by molar-refractivity contribution is 0.0677. The molecule has 18 heavy (non-hydrogen) atoms. The number of hydrogen-bond acceptors (Lipinski definition) is 4. The van der Waals surface area contributed by atoms with Crippen molar-refractivity contribution in [2.45, 2.75) is 18.9 Å². The summed E-state index contributed by atoms with van der Waals surface area (Å²) in [4.78, 5) is 28.5. The largest absolute Gasteiger partial charge is 0.394 e. The molecule has 1 fully saturated rings. The van der Waals surface area contributed by atoms with Crippen LogP contribution in [0.5, 0.6) is 0 Å². The van der Waals surface area contributed by atoms with Crippen LogP contribution in [-0.2, 0) is 0 Å². The molecule has 95 valence electrons. The number of hydrogen-bond donors (Lipinski definition) is 2. The van der Waals surface area contributed by atoms with Crippen LogP contribution in [0, 0.1) is 6.07 Å². The first-order valence-electron chi connectivity index (χ1n) is 5.73. The van der Waals surface area contributed by atoms with Crippen molar-refractivity contribution in [3.8, 4) is 0 Å². The van der Waals surface area contributed by atoms with E-state index in [4.69, 9.17) is 5.73 Å². The van der Waals surface area contributed by atoms with Crippen molar-refractivity contribution in [1.29, 1.82) is 0 Å². The van der Waals surface area contributed by atoms with Gasteiger partial charge in [-0.25, -0.2) is 0 Å². The molecular weight excluding hydrogens is 234 g/mol. The minimum absolute atomic E-state index is 0.0550. The van der Waals surface area contributed by atoms with E-state index in [1.54, 1.807) is 4.90 Å². The molecule has 0 aromatic carbocycles. The summed E-state index contributed by atoms with van der Waals surface area (Å²) in [6.45, 7) is 0.547. The molecule has 1 aromatic rings. The first kappa shape index (κ1) is 12.5. The normalized spacial score (nSPS) is 18.9. The Balaban J connectivity index is 2.23. The van der Waals surface area contributed by atoms with Gasteiger partial charge in [0, 0.05) is 18.8 Å². The highest BCUT2D eigenvalue weighted by molar-refractivity contribution is 5.97. The van der Waals surface area contributed by atoms with Gasteiger partial charge in [0.25, 0.3) is 11.8 Å². The maximum atomic E-state index is 12.2. The van der Waals surface area contributed by atoms with Crippen LogP contribution in [0.25, 0.3) is 0 Å². The maximum Gasteiger partial charge on any atom is 0.267 e. The number of aliphatic hydroxyl groups is 1. The van der Waals surface area contributed by atoms with Crippen molar-refractivity contribution >= 4 is 11.8 Å². The van der Waals surface area contributed by atoms with Crippen molar-refractivity contribution in [3.63, 3.8) is 0 Å². The lowest BCUT2D eigenvalue weighted by Crippen LogP contribution is -2.37. The monoisotopic (exact) mass is 248 g/mol. The summed E-state index contributed by atoms with van der Waals surface area (Å²) >= 11 is 0. The first-order chi connectivity index (χ1) is 8.63. The van der Waals surface area contributed by atoms with Crippen LogP contribution in [0.15, 0.2) is 12.3 Å². The Labute approximate surface area is 104 Å². The van der Waals surface area contributed by atoms with Gasteiger partial charge in [0.05, 0.1) is 18.2 Å². The minimum atomic E-state index is -0.718. The number of amides is 2. The topological polar surface area (TPSA) is 96.5 Å². The van der Waals surface area contributed by atoms with Crippen LogP contribution in [0.4, 0.5) is 0 Å². The Kier molecular flexibility index (Phi) is 3.57. The Morgan fingerprint density at radius 1 is 1.61 bits per heavy atom. The van der Waals surface area contributed by atoms with E-state index < -0.39 is 5.91 Å². The number of rotatable bonds is 3. The first-order valence-corrected chi connectivity index (χ1v) is 5.73. The van der Waals surface area contributed by atoms with Gasteiger partial charge in [0.15, 0.2) is 0 Å². The number of likely N-dealkylation sites (tertiary alicyclic amines) is 1. The van der Waals surface area contributed by atoms with E-state index >= 15 is 0 Å². The van der Waals surface area contributed by atoms with Gasteiger partial charge < -0.3 is 15.7 Å². The third-order valence-electron chi connectivity index (χ3n) is 3.01. The van der Waals surface area contributed by atoms with E-state index in [0.717, 1.165) is 12.8 Å². The molecule has 3 N–H and O–H groups in total. The third-order valence-corrected chi connectivity index (χ3v) is 3.01. The zero-order valence-electron chi connectivity index (χ0n) is 9.80. The second-order valence-corrected chi connectivity index (χ2v) is 4.17. The van der Waals surface area contributed by atoms with Gasteiger partial charge in [-0.1, -0.05) is 0 Å². The molecule has 2 amide bonds. The standard InChI is InChI=1S/C12H14N3O3/c13-11(17)10-6-8(3-4-14-10)12(18)15-5-1-2-9(15)7-16/h3-4,9,16H,1-2,5,7H2,(H2,13,17). The second kappa shape index (κ2) is 5.14. The van der Waals surface area contributed by atoms with Gasteiger partial charge in [-0.2, -0.15) is 0 Å². The Morgan fingerprint density at radius 3 is 3.06 bits per heavy atom. The highest BCUT2D eigenvalue weighted by Gasteiger charge is 2.29. The Bertz CT molecular complexity index is 475. The summed E-state index contributed by atoms with van der Waals surface area (Å²) in [5.74, 6) is -0.971. The molecule has 1 aromatic heterocycles. The summed E-state index contributed by atoms with van der Waals surface area (Å²) in [7, 11) is 0. The highest BCUT2D eigenvalue weighted by atomic mass is 16.3. The quantitative estimate of drug-likeness (QED) is 0.759. The zero-order chi connectivity index (χ0) is 13.1. The summed E-state index contributed by atoms with van der Waals surface area (Å²) in [6.07, 6.45) is 3.01. The summed E-state index contributed by atoms with van der Waals surface area (Å²) in [6, 6.07) is 3.94. The molecule has 2 rings (SSSR count). The SMILES string of the molecule is NC(=O)c1[c]c(C(=O)N2CCCC2CO)ccn1. The molecule has 1 aliphatic rings. The van der Waals surface area contributed by atoms with Gasteiger partial charge in [0.2, 0.25) is 0 Å². The predicted molar refractivity (Wildman–Crippen MR) is 62.7 cm³/mol. The summed E-state index contributed by atoms with van der Waals surface area (Å²) < 4.78 is 0. The Morgan fingerprint density at radius 2 is 2.39 bits per heavy atom. The molecule has 0 bridgehead atoms. The minimum Gasteiger partial charge on any atom is -0.394 e. The molecule has 6 nitrogen and oxygen atoms in total. The molecule has 1 unspecified atom stereocenters. The lowest BCUT2D eigenvalue weighted by Gasteiger charge is -2.22.